The summed E-state index contributed by atoms with van der Waals surface area (Å²) in [6, 6.07) is 7.85. The second-order valence-electron chi connectivity index (χ2n) is 11.2. The van der Waals surface area contributed by atoms with Crippen LogP contribution in [0.15, 0.2) is 24.3 Å². The lowest BCUT2D eigenvalue weighted by Gasteiger charge is -2.48. The molecule has 5 aliphatic rings. The highest BCUT2D eigenvalue weighted by atomic mass is 16.8. The molecule has 4 aliphatic heterocycles. The van der Waals surface area contributed by atoms with Crippen LogP contribution in [-0.4, -0.2) is 95.2 Å². The van der Waals surface area contributed by atoms with Gasteiger partial charge < -0.3 is 57.6 Å². The Balaban J connectivity index is 1.30. The van der Waals surface area contributed by atoms with Gasteiger partial charge >= 0.3 is 0 Å². The van der Waals surface area contributed by atoms with Crippen LogP contribution in [0.1, 0.15) is 35.6 Å². The molecule has 7 rings (SSSR count). The van der Waals surface area contributed by atoms with Gasteiger partial charge in [-0.2, -0.15) is 0 Å². The molecule has 0 bridgehead atoms. The predicted octanol–water partition coefficient (Wildman–Crippen LogP) is 2.11. The first-order valence-corrected chi connectivity index (χ1v) is 14.2. The van der Waals surface area contributed by atoms with Gasteiger partial charge in [0.2, 0.25) is 12.5 Å². The number of ether oxygens (including phenoxy) is 10. The Kier molecular flexibility index (Phi) is 7.33. The number of methoxy groups -OCH3 is 3. The molecule has 0 aromatic heterocycles. The van der Waals surface area contributed by atoms with E-state index in [0.29, 0.717) is 42.0 Å². The summed E-state index contributed by atoms with van der Waals surface area (Å²) in [5.74, 6) is 2.61. The van der Waals surface area contributed by atoms with Gasteiger partial charge in [0.25, 0.3) is 0 Å². The van der Waals surface area contributed by atoms with Crippen LogP contribution in [0.4, 0.5) is 0 Å². The van der Waals surface area contributed by atoms with Crippen LogP contribution in [0.25, 0.3) is 0 Å². The third-order valence-corrected chi connectivity index (χ3v) is 9.02. The zero-order valence-electron chi connectivity index (χ0n) is 23.9. The van der Waals surface area contributed by atoms with E-state index in [4.69, 9.17) is 47.4 Å². The Morgan fingerprint density at radius 1 is 0.786 bits per heavy atom. The van der Waals surface area contributed by atoms with Gasteiger partial charge in [-0.15, -0.1) is 0 Å². The average molecular weight is 589 g/mol. The van der Waals surface area contributed by atoms with Gasteiger partial charge in [-0.25, -0.2) is 0 Å². The molecule has 42 heavy (non-hydrogen) atoms. The number of benzene rings is 2. The van der Waals surface area contributed by atoms with E-state index in [9.17, 15) is 10.2 Å². The molecule has 12 heteroatoms. The maximum atomic E-state index is 11.1. The number of hydrogen-bond acceptors (Lipinski definition) is 12. The van der Waals surface area contributed by atoms with Crippen LogP contribution >= 0.6 is 0 Å². The molecule has 0 amide bonds. The van der Waals surface area contributed by atoms with Crippen LogP contribution in [-0.2, 0) is 23.7 Å². The lowest BCUT2D eigenvalue weighted by molar-refractivity contribution is -0.364. The van der Waals surface area contributed by atoms with Crippen molar-refractivity contribution in [2.24, 2.45) is 11.8 Å². The lowest BCUT2D eigenvalue weighted by atomic mass is 9.66. The summed E-state index contributed by atoms with van der Waals surface area (Å²) in [7, 11) is 4.76. The fourth-order valence-corrected chi connectivity index (χ4v) is 7.03. The summed E-state index contributed by atoms with van der Waals surface area (Å²) in [5.41, 5.74) is 2.79. The SMILES string of the molecule is COc1cc([C@@H]2c3cc4c(cc3[C@@H](O[C@@H]3O[C@@H]5CO[C@H](C)O[C@H]5[C@H](O)[C@H]3O)[C@H]3COCC23)OCO4)cc(OC)c1OC. The number of aliphatic hydroxyl groups excluding tert-OH is 2. The Morgan fingerprint density at radius 3 is 2.17 bits per heavy atom. The minimum Gasteiger partial charge on any atom is -0.493 e. The number of rotatable bonds is 6. The Bertz CT molecular complexity index is 1290. The van der Waals surface area contributed by atoms with E-state index in [1.165, 1.54) is 0 Å². The third-order valence-electron chi connectivity index (χ3n) is 9.02. The Hall–Kier alpha value is -2.84. The third kappa shape index (κ3) is 4.48. The molecule has 0 saturated carbocycles. The van der Waals surface area contributed by atoms with Crippen molar-refractivity contribution in [1.82, 2.24) is 0 Å². The van der Waals surface area contributed by atoms with E-state index >= 15 is 0 Å². The van der Waals surface area contributed by atoms with E-state index in [1.54, 1.807) is 28.3 Å². The number of hydrogen-bond donors (Lipinski definition) is 2. The number of fused-ring (bicyclic) bond motifs is 4. The summed E-state index contributed by atoms with van der Waals surface area (Å²) in [4.78, 5) is 0. The van der Waals surface area contributed by atoms with Crippen molar-refractivity contribution in [3.63, 3.8) is 0 Å². The molecule has 1 unspecified atom stereocenters. The Morgan fingerprint density at radius 2 is 1.48 bits per heavy atom. The monoisotopic (exact) mass is 588 g/mol. The van der Waals surface area contributed by atoms with Gasteiger partial charge in [0.05, 0.1) is 47.3 Å². The van der Waals surface area contributed by atoms with Crippen molar-refractivity contribution in [2.45, 2.75) is 55.9 Å². The normalized spacial score (nSPS) is 36.5. The summed E-state index contributed by atoms with van der Waals surface area (Å²) >= 11 is 0. The van der Waals surface area contributed by atoms with Crippen molar-refractivity contribution in [1.29, 1.82) is 0 Å². The molecular weight excluding hydrogens is 552 g/mol. The van der Waals surface area contributed by atoms with Crippen molar-refractivity contribution in [3.8, 4) is 28.7 Å². The maximum absolute atomic E-state index is 11.1. The molecule has 10 atom stereocenters. The highest BCUT2D eigenvalue weighted by molar-refractivity contribution is 5.59. The van der Waals surface area contributed by atoms with Crippen LogP contribution < -0.4 is 23.7 Å². The first-order valence-electron chi connectivity index (χ1n) is 14.2. The van der Waals surface area contributed by atoms with Crippen LogP contribution in [0.3, 0.4) is 0 Å². The topological polar surface area (TPSA) is 133 Å². The fourth-order valence-electron chi connectivity index (χ4n) is 7.03. The van der Waals surface area contributed by atoms with Gasteiger partial charge in [-0.3, -0.25) is 0 Å². The molecule has 0 radical (unpaired) electrons. The summed E-state index contributed by atoms with van der Waals surface area (Å²) in [6.45, 7) is 3.00. The molecule has 2 aromatic rings. The minimum atomic E-state index is -1.33. The summed E-state index contributed by atoms with van der Waals surface area (Å²) < 4.78 is 58.6. The fraction of sp³-hybridized carbons (Fsp3) is 0.600. The number of aliphatic hydroxyl groups is 2. The van der Waals surface area contributed by atoms with Gasteiger partial charge in [-0.1, -0.05) is 0 Å². The van der Waals surface area contributed by atoms with Crippen LogP contribution in [0.5, 0.6) is 28.7 Å². The second kappa shape index (κ2) is 11.0. The Labute approximate surface area is 243 Å². The van der Waals surface area contributed by atoms with E-state index in [1.807, 2.05) is 24.3 Å². The van der Waals surface area contributed by atoms with E-state index in [2.05, 4.69) is 0 Å². The summed E-state index contributed by atoms with van der Waals surface area (Å²) in [5, 5.41) is 22.0. The van der Waals surface area contributed by atoms with Crippen LogP contribution in [0, 0.1) is 11.8 Å². The molecule has 3 saturated heterocycles. The molecule has 4 heterocycles. The zero-order chi connectivity index (χ0) is 29.1. The molecule has 3 fully saturated rings. The van der Waals surface area contributed by atoms with Crippen molar-refractivity contribution in [2.75, 3.05) is 47.9 Å². The van der Waals surface area contributed by atoms with E-state index in [-0.39, 0.29) is 31.2 Å². The van der Waals surface area contributed by atoms with Gasteiger partial charge in [0, 0.05) is 17.8 Å². The standard InChI is InChI=1S/C30H36O12/c1-13-37-11-23-29(40-13)25(31)26(32)30(41-23)42-27-16-8-20-19(38-12-39-20)7-15(16)24(17-9-36-10-18(17)27)14-5-21(33-2)28(35-4)22(6-14)34-3/h5-8,13,17-18,23-27,29-32H,9-12H2,1-4H3/t13-,17?,18-,23+,24+,25+,26+,27+,29+,30-/m0/s1. The predicted molar refractivity (Wildman–Crippen MR) is 143 cm³/mol. The van der Waals surface area contributed by atoms with Gasteiger partial charge in [-0.05, 0) is 47.9 Å². The average Bonchev–Trinajstić information content (AvgIpc) is 3.68. The minimum absolute atomic E-state index is 0.00807. The largest absolute Gasteiger partial charge is 0.493 e. The molecule has 0 spiro atoms. The van der Waals surface area contributed by atoms with Crippen molar-refractivity contribution >= 4 is 0 Å². The molecule has 228 valence electrons. The zero-order valence-corrected chi connectivity index (χ0v) is 23.9. The van der Waals surface area contributed by atoms with Crippen molar-refractivity contribution in [3.05, 3.63) is 41.0 Å². The maximum Gasteiger partial charge on any atom is 0.231 e. The van der Waals surface area contributed by atoms with Crippen LogP contribution in [0.2, 0.25) is 0 Å². The molecular formula is C30H36O12. The van der Waals surface area contributed by atoms with Gasteiger partial charge in [0.1, 0.15) is 24.4 Å². The molecule has 2 N–H and O–H groups in total. The highest BCUT2D eigenvalue weighted by Crippen LogP contribution is 2.56. The highest BCUT2D eigenvalue weighted by Gasteiger charge is 2.53. The lowest BCUT2D eigenvalue weighted by Crippen LogP contribution is -2.63. The molecule has 1 aliphatic carbocycles. The smallest absolute Gasteiger partial charge is 0.231 e. The first-order chi connectivity index (χ1) is 20.4. The second-order valence-corrected chi connectivity index (χ2v) is 11.2. The summed E-state index contributed by atoms with van der Waals surface area (Å²) in [6.07, 6.45) is -6.01. The van der Waals surface area contributed by atoms with E-state index < -0.39 is 43.1 Å². The van der Waals surface area contributed by atoms with E-state index in [0.717, 1.165) is 16.7 Å². The van der Waals surface area contributed by atoms with Gasteiger partial charge in [0.15, 0.2) is 35.6 Å². The van der Waals surface area contributed by atoms with Crippen molar-refractivity contribution < 1.29 is 57.6 Å². The first kappa shape index (κ1) is 28.0. The quantitative estimate of drug-likeness (QED) is 0.512. The molecule has 2 aromatic carbocycles. The molecule has 12 nitrogen and oxygen atoms in total.